The molecule has 0 aliphatic carbocycles. The van der Waals surface area contributed by atoms with Gasteiger partial charge in [-0.05, 0) is 30.2 Å². The molecular weight excluding hydrogens is 347 g/mol. The summed E-state index contributed by atoms with van der Waals surface area (Å²) >= 11 is 0. The molecule has 0 unspecified atom stereocenters. The van der Waals surface area contributed by atoms with E-state index in [1.54, 1.807) is 13.1 Å². The molecule has 0 fully saturated rings. The third-order valence-corrected chi connectivity index (χ3v) is 4.51. The van der Waals surface area contributed by atoms with Crippen molar-refractivity contribution in [2.75, 3.05) is 21.3 Å². The predicted octanol–water partition coefficient (Wildman–Crippen LogP) is 3.66. The highest BCUT2D eigenvalue weighted by atomic mass is 19.1. The van der Waals surface area contributed by atoms with Crippen LogP contribution in [0.15, 0.2) is 36.4 Å². The van der Waals surface area contributed by atoms with Crippen LogP contribution in [0.25, 0.3) is 22.2 Å². The monoisotopic (exact) mass is 368 g/mol. The molecule has 0 atom stereocenters. The zero-order chi connectivity index (χ0) is 19.6. The van der Waals surface area contributed by atoms with Crippen LogP contribution in [-0.4, -0.2) is 32.2 Å². The molecule has 1 N–H and O–H groups in total. The zero-order valence-corrected chi connectivity index (χ0v) is 15.7. The number of halogens is 1. The number of hydrogen-bond acceptors (Lipinski definition) is 4. The van der Waals surface area contributed by atoms with Crippen LogP contribution in [0.4, 0.5) is 4.39 Å². The first-order valence-corrected chi connectivity index (χ1v) is 8.50. The zero-order valence-electron chi connectivity index (χ0n) is 15.7. The van der Waals surface area contributed by atoms with Gasteiger partial charge in [0.25, 0.3) is 0 Å². The number of ether oxygens (including phenoxy) is 2. The molecule has 0 saturated carbocycles. The van der Waals surface area contributed by atoms with Crippen molar-refractivity contribution in [3.8, 4) is 22.8 Å². The van der Waals surface area contributed by atoms with E-state index in [1.807, 2.05) is 31.2 Å². The number of benzene rings is 2. The number of likely N-dealkylation sites (N-methyl/N-ethyl adjacent to an activating group) is 1. The minimum atomic E-state index is -0.456. The van der Waals surface area contributed by atoms with Crippen LogP contribution in [0.5, 0.6) is 11.5 Å². The van der Waals surface area contributed by atoms with Gasteiger partial charge in [0.1, 0.15) is 5.82 Å². The van der Waals surface area contributed by atoms with Gasteiger partial charge in [0.15, 0.2) is 11.5 Å². The molecule has 2 aromatic carbocycles. The van der Waals surface area contributed by atoms with Crippen molar-refractivity contribution in [2.45, 2.75) is 13.3 Å². The summed E-state index contributed by atoms with van der Waals surface area (Å²) in [6, 6.07) is 10.4. The number of rotatable bonds is 5. The average Bonchev–Trinajstić information content (AvgIpc) is 2.68. The van der Waals surface area contributed by atoms with Crippen LogP contribution in [-0.2, 0) is 11.2 Å². The number of methoxy groups -OCH3 is 2. The quantitative estimate of drug-likeness (QED) is 0.747. The lowest BCUT2D eigenvalue weighted by Gasteiger charge is -2.13. The number of fused-ring (bicyclic) bond motifs is 1. The Morgan fingerprint density at radius 2 is 1.85 bits per heavy atom. The second-order valence-corrected chi connectivity index (χ2v) is 6.17. The number of aryl methyl sites for hydroxylation is 1. The smallest absolute Gasteiger partial charge is 0.224 e. The van der Waals surface area contributed by atoms with Crippen LogP contribution in [0.2, 0.25) is 0 Å². The number of carbonyl (C=O) groups excluding carboxylic acids is 1. The van der Waals surface area contributed by atoms with Crippen molar-refractivity contribution < 1.29 is 18.7 Å². The van der Waals surface area contributed by atoms with Gasteiger partial charge in [-0.25, -0.2) is 9.37 Å². The maximum absolute atomic E-state index is 14.7. The largest absolute Gasteiger partial charge is 0.493 e. The Morgan fingerprint density at radius 1 is 1.15 bits per heavy atom. The highest BCUT2D eigenvalue weighted by Gasteiger charge is 2.16. The van der Waals surface area contributed by atoms with Crippen LogP contribution < -0.4 is 14.8 Å². The number of nitrogens with zero attached hydrogens (tertiary/aromatic N) is 1. The van der Waals surface area contributed by atoms with Gasteiger partial charge < -0.3 is 14.8 Å². The number of nitrogens with one attached hydrogen (secondary N) is 1. The Balaban J connectivity index is 2.21. The van der Waals surface area contributed by atoms with Crippen molar-refractivity contribution in [1.82, 2.24) is 10.3 Å². The fraction of sp³-hybridized carbons (Fsp3) is 0.238. The molecule has 140 valence electrons. The molecule has 0 saturated heterocycles. The van der Waals surface area contributed by atoms with E-state index in [0.717, 1.165) is 16.5 Å². The summed E-state index contributed by atoms with van der Waals surface area (Å²) in [4.78, 5) is 16.5. The van der Waals surface area contributed by atoms with Crippen molar-refractivity contribution in [3.05, 3.63) is 53.3 Å². The molecule has 1 heterocycles. The minimum absolute atomic E-state index is 0.107. The highest BCUT2D eigenvalue weighted by molar-refractivity contribution is 5.91. The van der Waals surface area contributed by atoms with Crippen LogP contribution in [0, 0.1) is 12.7 Å². The van der Waals surface area contributed by atoms with E-state index in [2.05, 4.69) is 10.3 Å². The molecule has 0 aliphatic heterocycles. The molecule has 5 nitrogen and oxygen atoms in total. The molecule has 1 amide bonds. The lowest BCUT2D eigenvalue weighted by atomic mass is 10.0. The average molecular weight is 368 g/mol. The molecule has 1 aromatic heterocycles. The van der Waals surface area contributed by atoms with Crippen molar-refractivity contribution in [3.63, 3.8) is 0 Å². The summed E-state index contributed by atoms with van der Waals surface area (Å²) in [5.41, 5.74) is 3.21. The fourth-order valence-corrected chi connectivity index (χ4v) is 3.07. The number of pyridine rings is 1. The van der Waals surface area contributed by atoms with Gasteiger partial charge in [-0.2, -0.15) is 0 Å². The van der Waals surface area contributed by atoms with E-state index in [9.17, 15) is 9.18 Å². The maximum Gasteiger partial charge on any atom is 0.224 e. The van der Waals surface area contributed by atoms with Gasteiger partial charge in [-0.15, -0.1) is 0 Å². The molecule has 27 heavy (non-hydrogen) atoms. The SMILES string of the molecule is CNC(=O)Cc1cccc2c(C)cc(-c3cc(OC)c(OC)cc3F)nc12. The minimum Gasteiger partial charge on any atom is -0.493 e. The van der Waals surface area contributed by atoms with Crippen molar-refractivity contribution >= 4 is 16.8 Å². The van der Waals surface area contributed by atoms with Gasteiger partial charge in [0.05, 0.1) is 31.9 Å². The Morgan fingerprint density at radius 3 is 2.52 bits per heavy atom. The third-order valence-electron chi connectivity index (χ3n) is 4.51. The maximum atomic E-state index is 14.7. The van der Waals surface area contributed by atoms with Gasteiger partial charge >= 0.3 is 0 Å². The van der Waals surface area contributed by atoms with Gasteiger partial charge in [0, 0.05) is 24.1 Å². The summed E-state index contributed by atoms with van der Waals surface area (Å²) in [7, 11) is 4.55. The van der Waals surface area contributed by atoms with E-state index >= 15 is 0 Å². The summed E-state index contributed by atoms with van der Waals surface area (Å²) in [6.45, 7) is 1.94. The van der Waals surface area contributed by atoms with E-state index in [0.29, 0.717) is 28.3 Å². The molecule has 0 spiro atoms. The van der Waals surface area contributed by atoms with E-state index in [-0.39, 0.29) is 12.3 Å². The first-order valence-electron chi connectivity index (χ1n) is 8.50. The second-order valence-electron chi connectivity index (χ2n) is 6.17. The summed E-state index contributed by atoms with van der Waals surface area (Å²) < 4.78 is 25.1. The molecule has 3 rings (SSSR count). The van der Waals surface area contributed by atoms with E-state index in [4.69, 9.17) is 9.47 Å². The normalized spacial score (nSPS) is 10.7. The molecule has 3 aromatic rings. The third kappa shape index (κ3) is 3.56. The van der Waals surface area contributed by atoms with Crippen LogP contribution in [0.3, 0.4) is 0 Å². The first kappa shape index (κ1) is 18.6. The number of hydrogen-bond donors (Lipinski definition) is 1. The molecule has 0 radical (unpaired) electrons. The second kappa shape index (κ2) is 7.61. The van der Waals surface area contributed by atoms with Crippen LogP contribution in [0.1, 0.15) is 11.1 Å². The Labute approximate surface area is 157 Å². The molecule has 0 bridgehead atoms. The van der Waals surface area contributed by atoms with E-state index in [1.165, 1.54) is 20.3 Å². The lowest BCUT2D eigenvalue weighted by Crippen LogP contribution is -2.20. The number of aromatic nitrogens is 1. The number of carbonyl (C=O) groups is 1. The molecule has 0 aliphatic rings. The number of para-hydroxylation sites is 1. The summed E-state index contributed by atoms with van der Waals surface area (Å²) in [6.07, 6.45) is 0.206. The van der Waals surface area contributed by atoms with Crippen molar-refractivity contribution in [2.24, 2.45) is 0 Å². The first-order chi connectivity index (χ1) is 13.0. The summed E-state index contributed by atoms with van der Waals surface area (Å²) in [5, 5.41) is 3.55. The fourth-order valence-electron chi connectivity index (χ4n) is 3.07. The standard InChI is InChI=1S/C21H21FN2O3/c1-12-8-17(15-10-18(26-3)19(27-4)11-16(15)22)24-21-13(9-20(25)23-2)6-5-7-14(12)21/h5-8,10-11H,9H2,1-4H3,(H,23,25). The number of amides is 1. The Kier molecular flexibility index (Phi) is 5.26. The predicted molar refractivity (Wildman–Crippen MR) is 103 cm³/mol. The molecular formula is C21H21FN2O3. The summed E-state index contributed by atoms with van der Waals surface area (Å²) in [5.74, 6) is 0.177. The topological polar surface area (TPSA) is 60.5 Å². The van der Waals surface area contributed by atoms with Gasteiger partial charge in [-0.3, -0.25) is 4.79 Å². The van der Waals surface area contributed by atoms with Crippen molar-refractivity contribution in [1.29, 1.82) is 0 Å². The van der Waals surface area contributed by atoms with Gasteiger partial charge in [-0.1, -0.05) is 18.2 Å². The van der Waals surface area contributed by atoms with E-state index < -0.39 is 5.82 Å². The van der Waals surface area contributed by atoms with Crippen LogP contribution >= 0.6 is 0 Å². The highest BCUT2D eigenvalue weighted by Crippen LogP contribution is 2.35. The molecule has 6 heteroatoms. The van der Waals surface area contributed by atoms with Gasteiger partial charge in [0.2, 0.25) is 5.91 Å². The Bertz CT molecular complexity index is 1020. The lowest BCUT2D eigenvalue weighted by molar-refractivity contribution is -0.119. The Hall–Kier alpha value is -3.15.